The third kappa shape index (κ3) is 3.96. The maximum Gasteiger partial charge on any atom is 0.345 e. The Kier molecular flexibility index (Phi) is 5.34. The van der Waals surface area contributed by atoms with Gasteiger partial charge in [0.15, 0.2) is 0 Å². The third-order valence-corrected chi connectivity index (χ3v) is 4.72. The molecule has 0 aromatic carbocycles. The molecule has 0 radical (unpaired) electrons. The van der Waals surface area contributed by atoms with Gasteiger partial charge in [0, 0.05) is 33.1 Å². The van der Waals surface area contributed by atoms with Crippen LogP contribution in [0, 0.1) is 5.41 Å². The van der Waals surface area contributed by atoms with Gasteiger partial charge in [0.2, 0.25) is 6.29 Å². The number of amides is 1. The van der Waals surface area contributed by atoms with E-state index in [2.05, 4.69) is 4.90 Å². The number of benzene rings is 1. The van der Waals surface area contributed by atoms with E-state index in [1.165, 1.54) is 6.92 Å². The van der Waals surface area contributed by atoms with Crippen LogP contribution in [0.4, 0.5) is 0 Å². The highest BCUT2D eigenvalue weighted by molar-refractivity contribution is 6.14. The second kappa shape index (κ2) is 7.43. The lowest BCUT2D eigenvalue weighted by atomic mass is 9.97. The molecule has 8 nitrogen and oxygen atoms in total. The fourth-order valence-electron chi connectivity index (χ4n) is 3.00. The largest absolute Gasteiger partial charge is 0.456 e. The van der Waals surface area contributed by atoms with Gasteiger partial charge in [-0.1, -0.05) is 0 Å². The molecule has 2 aromatic heterocycles. The molecule has 28 heavy (non-hydrogen) atoms. The summed E-state index contributed by atoms with van der Waals surface area (Å²) in [5, 5.41) is 0. The van der Waals surface area contributed by atoms with Gasteiger partial charge in [0.25, 0.3) is 5.91 Å². The number of fused-ring (bicyclic) bond motifs is 2. The minimum Gasteiger partial charge on any atom is -0.456 e. The van der Waals surface area contributed by atoms with Crippen LogP contribution in [0.25, 0.3) is 11.2 Å². The Morgan fingerprint density at radius 1 is 1.00 bits per heavy atom. The van der Waals surface area contributed by atoms with Crippen LogP contribution in [0.2, 0.25) is 0 Å². The van der Waals surface area contributed by atoms with Crippen LogP contribution >= 0.6 is 0 Å². The monoisotopic (exact) mass is 390 g/mol. The Labute approximate surface area is 163 Å². The third-order valence-electron chi connectivity index (χ3n) is 4.72. The molecule has 3 heterocycles. The van der Waals surface area contributed by atoms with Crippen molar-refractivity contribution < 1.29 is 28.3 Å². The summed E-state index contributed by atoms with van der Waals surface area (Å²) in [5.41, 5.74) is 0.212. The fraction of sp³-hybridized carbons (Fsp3) is 0.550. The first-order chi connectivity index (χ1) is 13.1. The quantitative estimate of drug-likeness (QED) is 0.585. The van der Waals surface area contributed by atoms with Crippen LogP contribution in [-0.4, -0.2) is 67.2 Å². The predicted molar refractivity (Wildman–Crippen MR) is 101 cm³/mol. The van der Waals surface area contributed by atoms with Gasteiger partial charge in [-0.05, 0) is 40.0 Å². The molecule has 152 valence electrons. The predicted octanol–water partition coefficient (Wildman–Crippen LogP) is 2.35. The molecule has 1 saturated heterocycles. The number of carbonyl (C=O) groups is 3. The Balaban J connectivity index is 1.77. The summed E-state index contributed by atoms with van der Waals surface area (Å²) in [6.07, 6.45) is -1.08. The van der Waals surface area contributed by atoms with Crippen LogP contribution in [0.5, 0.6) is 0 Å². The van der Waals surface area contributed by atoms with E-state index >= 15 is 0 Å². The molecule has 1 unspecified atom stereocenters. The summed E-state index contributed by atoms with van der Waals surface area (Å²) in [4.78, 5) is 41.6. The van der Waals surface area contributed by atoms with Crippen LogP contribution < -0.4 is 0 Å². The Hall–Kier alpha value is -2.61. The van der Waals surface area contributed by atoms with Gasteiger partial charge in [-0.25, -0.2) is 4.79 Å². The molecule has 1 atom stereocenters. The van der Waals surface area contributed by atoms with Crippen molar-refractivity contribution in [2.75, 3.05) is 33.2 Å². The van der Waals surface area contributed by atoms with E-state index in [1.54, 1.807) is 37.8 Å². The first-order valence-corrected chi connectivity index (χ1v) is 9.32. The zero-order valence-corrected chi connectivity index (χ0v) is 16.9. The summed E-state index contributed by atoms with van der Waals surface area (Å²) in [5.74, 6) is -1.49. The van der Waals surface area contributed by atoms with Crippen molar-refractivity contribution in [1.82, 2.24) is 9.80 Å². The molecule has 0 saturated carbocycles. The molecular formula is C20H26N2O6. The standard InChI is InChI=1S/C20H26N2O6/c1-12(27-19(25)20(2,3)4)26-18(24)16-14-7-6-13(28-14)15(16)17(23)22-10-8-21(5)9-11-22/h6-7,12H,8-11H2,1-5H3. The second-order valence-electron chi connectivity index (χ2n) is 8.14. The Morgan fingerprint density at radius 3 is 2.14 bits per heavy atom. The number of hydrogen-bond acceptors (Lipinski definition) is 7. The van der Waals surface area contributed by atoms with Crippen molar-refractivity contribution in [2.24, 2.45) is 5.41 Å². The molecule has 1 fully saturated rings. The summed E-state index contributed by atoms with van der Waals surface area (Å²) < 4.78 is 16.0. The molecule has 3 rings (SSSR count). The van der Waals surface area contributed by atoms with E-state index in [1.807, 2.05) is 7.05 Å². The average molecular weight is 390 g/mol. The highest BCUT2D eigenvalue weighted by Gasteiger charge is 2.34. The molecule has 0 spiro atoms. The maximum absolute atomic E-state index is 13.0. The molecule has 0 aliphatic carbocycles. The smallest absolute Gasteiger partial charge is 0.345 e. The first-order valence-electron chi connectivity index (χ1n) is 9.32. The van der Waals surface area contributed by atoms with E-state index < -0.39 is 23.6 Å². The number of rotatable bonds is 4. The zero-order chi connectivity index (χ0) is 20.6. The number of esters is 2. The van der Waals surface area contributed by atoms with E-state index in [-0.39, 0.29) is 22.6 Å². The lowest BCUT2D eigenvalue weighted by molar-refractivity contribution is -0.174. The van der Waals surface area contributed by atoms with Gasteiger partial charge in [-0.3, -0.25) is 9.59 Å². The van der Waals surface area contributed by atoms with Crippen molar-refractivity contribution in [3.63, 3.8) is 0 Å². The molecule has 2 aromatic rings. The van der Waals surface area contributed by atoms with Gasteiger partial charge in [-0.15, -0.1) is 0 Å². The van der Waals surface area contributed by atoms with Crippen LogP contribution in [0.15, 0.2) is 16.5 Å². The number of piperazine rings is 1. The molecule has 2 bridgehead atoms. The number of carbonyl (C=O) groups excluding carboxylic acids is 3. The SMILES string of the molecule is CC(OC(=O)c1c(C(=O)N2CCN(C)CC2)c2ccc1o2)OC(=O)C(C)(C)C. The van der Waals surface area contributed by atoms with Crippen LogP contribution in [0.1, 0.15) is 48.4 Å². The van der Waals surface area contributed by atoms with Gasteiger partial charge in [-0.2, -0.15) is 0 Å². The molecule has 1 aliphatic heterocycles. The van der Waals surface area contributed by atoms with Gasteiger partial charge >= 0.3 is 11.9 Å². The van der Waals surface area contributed by atoms with E-state index in [0.717, 1.165) is 13.1 Å². The number of hydrogen-bond donors (Lipinski definition) is 0. The summed E-state index contributed by atoms with van der Waals surface area (Å²) in [6, 6.07) is 3.29. The van der Waals surface area contributed by atoms with Crippen molar-refractivity contribution in [1.29, 1.82) is 0 Å². The number of nitrogens with zero attached hydrogens (tertiary/aromatic N) is 2. The van der Waals surface area contributed by atoms with Crippen molar-refractivity contribution in [3.8, 4) is 0 Å². The second-order valence-corrected chi connectivity index (χ2v) is 8.14. The lowest BCUT2D eigenvalue weighted by Gasteiger charge is -2.32. The Bertz CT molecular complexity index is 873. The van der Waals surface area contributed by atoms with E-state index in [0.29, 0.717) is 18.7 Å². The molecule has 1 aliphatic rings. The average Bonchev–Trinajstić information content (AvgIpc) is 3.22. The van der Waals surface area contributed by atoms with Crippen molar-refractivity contribution in [3.05, 3.63) is 23.3 Å². The Morgan fingerprint density at radius 2 is 1.57 bits per heavy atom. The van der Waals surface area contributed by atoms with Crippen molar-refractivity contribution in [2.45, 2.75) is 34.0 Å². The van der Waals surface area contributed by atoms with Crippen LogP contribution in [0.3, 0.4) is 0 Å². The first kappa shape index (κ1) is 20.1. The normalized spacial score (nSPS) is 17.0. The highest BCUT2D eigenvalue weighted by atomic mass is 16.7. The molecule has 0 N–H and O–H groups in total. The summed E-state index contributed by atoms with van der Waals surface area (Å²) in [7, 11) is 2.00. The minimum atomic E-state index is -1.08. The molecule has 1 amide bonds. The summed E-state index contributed by atoms with van der Waals surface area (Å²) in [6.45, 7) is 9.27. The van der Waals surface area contributed by atoms with Crippen molar-refractivity contribution >= 4 is 29.0 Å². The van der Waals surface area contributed by atoms with Gasteiger partial charge < -0.3 is 23.7 Å². The molecular weight excluding hydrogens is 364 g/mol. The van der Waals surface area contributed by atoms with E-state index in [4.69, 9.17) is 13.9 Å². The minimum absolute atomic E-state index is 0.0834. The maximum atomic E-state index is 13.0. The van der Waals surface area contributed by atoms with Gasteiger partial charge in [0.05, 0.1) is 5.41 Å². The number of furan rings is 2. The number of likely N-dealkylation sites (N-methyl/N-ethyl adjacent to an activating group) is 1. The van der Waals surface area contributed by atoms with Crippen LogP contribution in [-0.2, 0) is 14.3 Å². The fourth-order valence-corrected chi connectivity index (χ4v) is 3.00. The zero-order valence-electron chi connectivity index (χ0n) is 16.9. The van der Waals surface area contributed by atoms with Gasteiger partial charge in [0.1, 0.15) is 22.3 Å². The highest BCUT2D eigenvalue weighted by Crippen LogP contribution is 2.31. The molecule has 8 heteroatoms. The summed E-state index contributed by atoms with van der Waals surface area (Å²) >= 11 is 0. The topological polar surface area (TPSA) is 89.3 Å². The number of ether oxygens (including phenoxy) is 2. The van der Waals surface area contributed by atoms with E-state index in [9.17, 15) is 14.4 Å². The lowest BCUT2D eigenvalue weighted by Crippen LogP contribution is -2.47.